The van der Waals surface area contributed by atoms with E-state index in [2.05, 4.69) is 0 Å². The zero-order valence-corrected chi connectivity index (χ0v) is 13.4. The minimum absolute atomic E-state index is 0.0534. The molecule has 0 fully saturated rings. The Balaban J connectivity index is 4.31. The Labute approximate surface area is 103 Å². The van der Waals surface area contributed by atoms with E-state index >= 15 is 0 Å². The normalized spacial score (nSPS) is 13.3. The Morgan fingerprint density at radius 2 is 1.20 bits per heavy atom. The van der Waals surface area contributed by atoms with Gasteiger partial charge in [0.15, 0.2) is 0 Å². The molecule has 0 aromatic carbocycles. The van der Waals surface area contributed by atoms with Crippen LogP contribution < -0.4 is 0 Å². The summed E-state index contributed by atoms with van der Waals surface area (Å²) in [5.41, 5.74) is 0. The van der Waals surface area contributed by atoms with Crippen molar-refractivity contribution in [3.05, 3.63) is 0 Å². The van der Waals surface area contributed by atoms with Gasteiger partial charge in [-0.05, 0) is 0 Å². The van der Waals surface area contributed by atoms with Crippen LogP contribution in [0.5, 0.6) is 0 Å². The molecular formula is C10H18Cl2O2Te. The molecule has 0 N–H and O–H groups in total. The van der Waals surface area contributed by atoms with E-state index < -0.39 is 15.9 Å². The number of hydrogen-bond donors (Lipinski definition) is 0. The zero-order valence-electron chi connectivity index (χ0n) is 9.55. The second-order valence-corrected chi connectivity index (χ2v) is 18.9. The maximum absolute atomic E-state index is 11.5. The Bertz CT molecular complexity index is 226. The third-order valence-corrected chi connectivity index (χ3v) is 8.96. The van der Waals surface area contributed by atoms with Crippen LogP contribution in [0.1, 0.15) is 27.7 Å². The van der Waals surface area contributed by atoms with Gasteiger partial charge in [-0.15, -0.1) is 0 Å². The second-order valence-electron chi connectivity index (χ2n) is 4.23. The van der Waals surface area contributed by atoms with E-state index in [1.807, 2.05) is 27.7 Å². The number of carbonyl (C=O) groups excluding carboxylic acids is 2. The molecule has 0 aliphatic carbocycles. The van der Waals surface area contributed by atoms with E-state index in [9.17, 15) is 9.59 Å². The summed E-state index contributed by atoms with van der Waals surface area (Å²) < 4.78 is 0.448. The SMILES string of the molecule is CC(C)C(=O)C[Te](Cl)(Cl)CC(=O)C(C)C. The molecule has 0 aliphatic heterocycles. The molecule has 0 aliphatic rings. The molecule has 0 spiro atoms. The predicted molar refractivity (Wildman–Crippen MR) is 66.8 cm³/mol. The first-order valence-electron chi connectivity index (χ1n) is 4.89. The summed E-state index contributed by atoms with van der Waals surface area (Å²) in [5.74, 6) is 0.0279. The van der Waals surface area contributed by atoms with E-state index in [0.717, 1.165) is 0 Å². The van der Waals surface area contributed by atoms with E-state index in [-0.39, 0.29) is 32.3 Å². The van der Waals surface area contributed by atoms with Crippen molar-refractivity contribution in [2.75, 3.05) is 0 Å². The molecule has 0 saturated carbocycles. The van der Waals surface area contributed by atoms with Gasteiger partial charge < -0.3 is 0 Å². The van der Waals surface area contributed by atoms with Crippen molar-refractivity contribution in [2.45, 2.75) is 36.6 Å². The van der Waals surface area contributed by atoms with Crippen LogP contribution in [0.25, 0.3) is 0 Å². The molecule has 15 heavy (non-hydrogen) atoms. The molecule has 0 rings (SSSR count). The number of rotatable bonds is 6. The van der Waals surface area contributed by atoms with Crippen LogP contribution in [0.4, 0.5) is 0 Å². The quantitative estimate of drug-likeness (QED) is 0.674. The molecule has 5 heteroatoms. The van der Waals surface area contributed by atoms with Gasteiger partial charge in [-0.1, -0.05) is 0 Å². The molecule has 0 atom stereocenters. The van der Waals surface area contributed by atoms with E-state index in [4.69, 9.17) is 17.9 Å². The van der Waals surface area contributed by atoms with Crippen molar-refractivity contribution < 1.29 is 9.59 Å². The second kappa shape index (κ2) is 6.45. The molecule has 0 heterocycles. The van der Waals surface area contributed by atoms with Gasteiger partial charge in [0.2, 0.25) is 0 Å². The van der Waals surface area contributed by atoms with Gasteiger partial charge >= 0.3 is 103 Å². The monoisotopic (exact) mass is 370 g/mol. The minimum atomic E-state index is -3.25. The summed E-state index contributed by atoms with van der Waals surface area (Å²) in [5, 5.41) is 0. The van der Waals surface area contributed by atoms with Gasteiger partial charge in [0.05, 0.1) is 0 Å². The Morgan fingerprint density at radius 1 is 0.933 bits per heavy atom. The van der Waals surface area contributed by atoms with Gasteiger partial charge in [0, 0.05) is 0 Å². The number of halogens is 2. The van der Waals surface area contributed by atoms with Gasteiger partial charge in [-0.25, -0.2) is 0 Å². The molecule has 0 aromatic heterocycles. The van der Waals surface area contributed by atoms with Crippen molar-refractivity contribution in [3.63, 3.8) is 0 Å². The summed E-state index contributed by atoms with van der Waals surface area (Å²) in [4.78, 5) is 23.0. The number of ketones is 2. The fourth-order valence-electron chi connectivity index (χ4n) is 0.801. The predicted octanol–water partition coefficient (Wildman–Crippen LogP) is 3.36. The Morgan fingerprint density at radius 3 is 1.40 bits per heavy atom. The maximum atomic E-state index is 11.5. The molecular weight excluding hydrogens is 351 g/mol. The Hall–Kier alpha value is 0.710. The first kappa shape index (κ1) is 15.7. The van der Waals surface area contributed by atoms with Gasteiger partial charge in [0.25, 0.3) is 0 Å². The van der Waals surface area contributed by atoms with Crippen LogP contribution >= 0.6 is 17.9 Å². The summed E-state index contributed by atoms with van der Waals surface area (Å²) in [6.45, 7) is 7.27. The van der Waals surface area contributed by atoms with Crippen LogP contribution in [0, 0.1) is 11.8 Å². The van der Waals surface area contributed by atoms with E-state index in [0.29, 0.717) is 0 Å². The first-order valence-corrected chi connectivity index (χ1v) is 14.1. The molecule has 0 aromatic rings. The third kappa shape index (κ3) is 6.79. The van der Waals surface area contributed by atoms with Crippen molar-refractivity contribution >= 4 is 45.4 Å². The third-order valence-electron chi connectivity index (χ3n) is 1.99. The van der Waals surface area contributed by atoms with Crippen molar-refractivity contribution in [1.29, 1.82) is 0 Å². The molecule has 0 bridgehead atoms. The van der Waals surface area contributed by atoms with Crippen LogP contribution in [-0.4, -0.2) is 27.5 Å². The van der Waals surface area contributed by atoms with E-state index in [1.165, 1.54) is 0 Å². The summed E-state index contributed by atoms with van der Waals surface area (Å²) in [7, 11) is 12.3. The molecule has 90 valence electrons. The van der Waals surface area contributed by atoms with Gasteiger partial charge in [0.1, 0.15) is 0 Å². The van der Waals surface area contributed by atoms with Crippen molar-refractivity contribution in [2.24, 2.45) is 11.8 Å². The standard InChI is InChI=1S/C10H18Cl2O2Te/c1-7(2)9(13)5-15(11,12)6-10(14)8(3)4/h7-8H,5-6H2,1-4H3. The van der Waals surface area contributed by atoms with Crippen molar-refractivity contribution in [1.82, 2.24) is 0 Å². The van der Waals surface area contributed by atoms with Crippen molar-refractivity contribution in [3.8, 4) is 0 Å². The molecule has 0 saturated heterocycles. The van der Waals surface area contributed by atoms with Crippen LogP contribution in [0.3, 0.4) is 0 Å². The average Bonchev–Trinajstić information content (AvgIpc) is 2.01. The first-order chi connectivity index (χ1) is 6.65. The average molecular weight is 369 g/mol. The van der Waals surface area contributed by atoms with Crippen LogP contribution in [-0.2, 0) is 9.59 Å². The van der Waals surface area contributed by atoms with Crippen LogP contribution in [0.15, 0.2) is 0 Å². The summed E-state index contributed by atoms with van der Waals surface area (Å²) in [6.07, 6.45) is 0. The summed E-state index contributed by atoms with van der Waals surface area (Å²) in [6, 6.07) is 0. The Kier molecular flexibility index (Phi) is 6.75. The zero-order chi connectivity index (χ0) is 12.2. The molecule has 0 unspecified atom stereocenters. The number of carbonyl (C=O) groups is 2. The fraction of sp³-hybridized carbons (Fsp3) is 0.800. The van der Waals surface area contributed by atoms with Crippen LogP contribution in [0.2, 0.25) is 8.94 Å². The van der Waals surface area contributed by atoms with E-state index in [1.54, 1.807) is 0 Å². The van der Waals surface area contributed by atoms with Gasteiger partial charge in [-0.3, -0.25) is 0 Å². The topological polar surface area (TPSA) is 34.1 Å². The fourth-order valence-corrected chi connectivity index (χ4v) is 8.26. The van der Waals surface area contributed by atoms with Gasteiger partial charge in [-0.2, -0.15) is 0 Å². The molecule has 0 amide bonds. The number of hydrogen-bond acceptors (Lipinski definition) is 2. The summed E-state index contributed by atoms with van der Waals surface area (Å²) >= 11 is -3.25. The molecule has 0 radical (unpaired) electrons. The molecule has 2 nitrogen and oxygen atoms in total. The number of Topliss-reactive ketones (excluding diaryl/α,β-unsaturated/α-hetero) is 2.